The van der Waals surface area contributed by atoms with E-state index in [1.807, 2.05) is 0 Å². The van der Waals surface area contributed by atoms with Crippen molar-refractivity contribution in [3.8, 4) is 0 Å². The molecule has 0 bridgehead atoms. The van der Waals surface area contributed by atoms with Crippen molar-refractivity contribution in [1.82, 2.24) is 10.6 Å². The van der Waals surface area contributed by atoms with Crippen LogP contribution in [-0.4, -0.2) is 37.3 Å². The van der Waals surface area contributed by atoms with Crippen LogP contribution in [0.5, 0.6) is 0 Å². The first kappa shape index (κ1) is 11.3. The molecule has 0 aromatic carbocycles. The summed E-state index contributed by atoms with van der Waals surface area (Å²) < 4.78 is 0. The Balaban J connectivity index is 2.20. The lowest BCUT2D eigenvalue weighted by molar-refractivity contribution is 0.241. The SMILES string of the molecule is CC(C)(CCCO)CNC1=NCCN1. The van der Waals surface area contributed by atoms with Crippen LogP contribution in [0.25, 0.3) is 0 Å². The van der Waals surface area contributed by atoms with Crippen molar-refractivity contribution in [2.75, 3.05) is 26.2 Å². The van der Waals surface area contributed by atoms with Crippen LogP contribution in [0.4, 0.5) is 0 Å². The molecule has 0 aromatic heterocycles. The molecule has 0 aliphatic carbocycles. The molecule has 0 aromatic rings. The van der Waals surface area contributed by atoms with E-state index in [0.29, 0.717) is 0 Å². The van der Waals surface area contributed by atoms with Gasteiger partial charge in [-0.25, -0.2) is 0 Å². The van der Waals surface area contributed by atoms with Gasteiger partial charge < -0.3 is 15.7 Å². The fourth-order valence-electron chi connectivity index (χ4n) is 1.49. The smallest absolute Gasteiger partial charge is 0.191 e. The van der Waals surface area contributed by atoms with E-state index >= 15 is 0 Å². The van der Waals surface area contributed by atoms with Crippen molar-refractivity contribution < 1.29 is 5.11 Å². The fourth-order valence-corrected chi connectivity index (χ4v) is 1.49. The zero-order valence-corrected chi connectivity index (χ0v) is 9.14. The first-order chi connectivity index (χ1) is 6.64. The Labute approximate surface area is 85.8 Å². The number of guanidine groups is 1. The zero-order valence-electron chi connectivity index (χ0n) is 9.14. The standard InChI is InChI=1S/C10H21N3O/c1-10(2,4-3-7-14)8-13-9-11-5-6-12-9/h14H,3-8H2,1-2H3,(H2,11,12,13). The predicted molar refractivity (Wildman–Crippen MR) is 58.4 cm³/mol. The van der Waals surface area contributed by atoms with Crippen molar-refractivity contribution in [1.29, 1.82) is 0 Å². The third-order valence-electron chi connectivity index (χ3n) is 2.42. The number of nitrogens with one attached hydrogen (secondary N) is 2. The van der Waals surface area contributed by atoms with Crippen LogP contribution in [0.3, 0.4) is 0 Å². The van der Waals surface area contributed by atoms with Gasteiger partial charge in [0, 0.05) is 19.7 Å². The summed E-state index contributed by atoms with van der Waals surface area (Å²) in [6, 6.07) is 0. The molecule has 0 saturated heterocycles. The lowest BCUT2D eigenvalue weighted by Crippen LogP contribution is -2.39. The highest BCUT2D eigenvalue weighted by molar-refractivity contribution is 5.81. The van der Waals surface area contributed by atoms with E-state index in [9.17, 15) is 0 Å². The molecular weight excluding hydrogens is 178 g/mol. The quantitative estimate of drug-likeness (QED) is 0.598. The molecule has 0 unspecified atom stereocenters. The Morgan fingerprint density at radius 3 is 2.93 bits per heavy atom. The normalized spacial score (nSPS) is 16.4. The van der Waals surface area contributed by atoms with Gasteiger partial charge >= 0.3 is 0 Å². The molecule has 3 N–H and O–H groups in total. The van der Waals surface area contributed by atoms with Crippen LogP contribution in [0, 0.1) is 5.41 Å². The molecule has 1 aliphatic rings. The van der Waals surface area contributed by atoms with Gasteiger partial charge in [0.2, 0.25) is 0 Å². The molecule has 14 heavy (non-hydrogen) atoms. The van der Waals surface area contributed by atoms with Crippen molar-refractivity contribution in [3.05, 3.63) is 0 Å². The molecule has 1 aliphatic heterocycles. The summed E-state index contributed by atoms with van der Waals surface area (Å²) in [5.74, 6) is 0.919. The zero-order chi connectivity index (χ0) is 10.4. The highest BCUT2D eigenvalue weighted by Crippen LogP contribution is 2.20. The van der Waals surface area contributed by atoms with Gasteiger partial charge in [-0.05, 0) is 18.3 Å². The van der Waals surface area contributed by atoms with E-state index in [4.69, 9.17) is 5.11 Å². The van der Waals surface area contributed by atoms with E-state index in [1.165, 1.54) is 0 Å². The van der Waals surface area contributed by atoms with Crippen molar-refractivity contribution >= 4 is 5.96 Å². The molecule has 1 heterocycles. The minimum atomic E-state index is 0.218. The highest BCUT2D eigenvalue weighted by Gasteiger charge is 2.18. The average molecular weight is 199 g/mol. The largest absolute Gasteiger partial charge is 0.396 e. The maximum absolute atomic E-state index is 8.75. The molecule has 0 atom stereocenters. The Kier molecular flexibility index (Phi) is 4.20. The summed E-state index contributed by atoms with van der Waals surface area (Å²) in [6.07, 6.45) is 1.90. The van der Waals surface area contributed by atoms with Crippen LogP contribution in [0.2, 0.25) is 0 Å². The van der Waals surface area contributed by atoms with Crippen LogP contribution in [0.1, 0.15) is 26.7 Å². The second-order valence-corrected chi connectivity index (χ2v) is 4.50. The van der Waals surface area contributed by atoms with E-state index in [1.54, 1.807) is 0 Å². The summed E-state index contributed by atoms with van der Waals surface area (Å²) in [4.78, 5) is 4.26. The molecule has 0 saturated carbocycles. The molecule has 4 heteroatoms. The van der Waals surface area contributed by atoms with Crippen molar-refractivity contribution in [2.24, 2.45) is 10.4 Å². The maximum atomic E-state index is 8.75. The predicted octanol–water partition coefficient (Wildman–Crippen LogP) is 0.334. The molecule has 0 spiro atoms. The van der Waals surface area contributed by atoms with E-state index in [-0.39, 0.29) is 12.0 Å². The van der Waals surface area contributed by atoms with Crippen molar-refractivity contribution in [3.63, 3.8) is 0 Å². The number of aliphatic hydroxyl groups excluding tert-OH is 1. The lowest BCUT2D eigenvalue weighted by atomic mass is 9.88. The Morgan fingerprint density at radius 1 is 1.57 bits per heavy atom. The summed E-state index contributed by atoms with van der Waals surface area (Å²) >= 11 is 0. The third-order valence-corrected chi connectivity index (χ3v) is 2.42. The second-order valence-electron chi connectivity index (χ2n) is 4.50. The van der Waals surface area contributed by atoms with E-state index in [0.717, 1.165) is 38.4 Å². The molecular formula is C10H21N3O. The van der Waals surface area contributed by atoms with Crippen molar-refractivity contribution in [2.45, 2.75) is 26.7 Å². The summed E-state index contributed by atoms with van der Waals surface area (Å²) in [5.41, 5.74) is 0.218. The van der Waals surface area contributed by atoms with Gasteiger partial charge in [0.05, 0.1) is 6.54 Å². The minimum absolute atomic E-state index is 0.218. The molecule has 82 valence electrons. The average Bonchev–Trinajstić information content (AvgIpc) is 2.64. The fraction of sp³-hybridized carbons (Fsp3) is 0.900. The molecule has 0 amide bonds. The van der Waals surface area contributed by atoms with Gasteiger partial charge in [-0.2, -0.15) is 0 Å². The number of rotatable bonds is 5. The topological polar surface area (TPSA) is 56.6 Å². The Hall–Kier alpha value is -0.770. The maximum Gasteiger partial charge on any atom is 0.191 e. The van der Waals surface area contributed by atoms with Crippen LogP contribution in [0.15, 0.2) is 4.99 Å². The molecule has 0 fully saturated rings. The summed E-state index contributed by atoms with van der Waals surface area (Å²) in [6.45, 7) is 7.40. The first-order valence-electron chi connectivity index (χ1n) is 5.27. The van der Waals surface area contributed by atoms with Gasteiger partial charge in [-0.1, -0.05) is 13.8 Å². The minimum Gasteiger partial charge on any atom is -0.396 e. The number of nitrogens with zero attached hydrogens (tertiary/aromatic N) is 1. The first-order valence-corrected chi connectivity index (χ1v) is 5.27. The summed E-state index contributed by atoms with van der Waals surface area (Å²) in [5, 5.41) is 15.2. The number of aliphatic hydroxyl groups is 1. The van der Waals surface area contributed by atoms with E-state index in [2.05, 4.69) is 29.5 Å². The molecule has 4 nitrogen and oxygen atoms in total. The van der Waals surface area contributed by atoms with Gasteiger partial charge in [0.25, 0.3) is 0 Å². The third kappa shape index (κ3) is 3.96. The van der Waals surface area contributed by atoms with Gasteiger partial charge in [0.15, 0.2) is 5.96 Å². The van der Waals surface area contributed by atoms with Crippen LogP contribution in [-0.2, 0) is 0 Å². The Bertz CT molecular complexity index is 202. The monoisotopic (exact) mass is 199 g/mol. The second kappa shape index (κ2) is 5.20. The highest BCUT2D eigenvalue weighted by atomic mass is 16.2. The van der Waals surface area contributed by atoms with Gasteiger partial charge in [-0.15, -0.1) is 0 Å². The number of aliphatic imine (C=N–C) groups is 1. The van der Waals surface area contributed by atoms with Gasteiger partial charge in [-0.3, -0.25) is 4.99 Å². The van der Waals surface area contributed by atoms with Crippen LogP contribution < -0.4 is 10.6 Å². The lowest BCUT2D eigenvalue weighted by Gasteiger charge is -2.25. The molecule has 0 radical (unpaired) electrons. The Morgan fingerprint density at radius 2 is 2.36 bits per heavy atom. The van der Waals surface area contributed by atoms with Crippen LogP contribution >= 0.6 is 0 Å². The van der Waals surface area contributed by atoms with E-state index < -0.39 is 0 Å². The summed E-state index contributed by atoms with van der Waals surface area (Å²) in [7, 11) is 0. The number of hydrogen-bond donors (Lipinski definition) is 3. The van der Waals surface area contributed by atoms with Gasteiger partial charge in [0.1, 0.15) is 0 Å². The molecule has 1 rings (SSSR count). The number of hydrogen-bond acceptors (Lipinski definition) is 4.